The van der Waals surface area contributed by atoms with Gasteiger partial charge in [0.15, 0.2) is 0 Å². The molecule has 0 amide bonds. The van der Waals surface area contributed by atoms with Gasteiger partial charge in [0.05, 0.1) is 6.04 Å². The largest absolute Gasteiger partial charge is 0.381 e. The standard InChI is InChI=1S/C7H12F2N2/c1-6(2-3-10)11-7(4-8)5-9/h2-3,7,10-11H,4-5H2,1H3/b6-2-,10-3?. The van der Waals surface area contributed by atoms with E-state index in [9.17, 15) is 8.78 Å². The first-order chi connectivity index (χ1) is 5.24. The number of allylic oxidation sites excluding steroid dienone is 2. The first-order valence-corrected chi connectivity index (χ1v) is 3.30. The van der Waals surface area contributed by atoms with Gasteiger partial charge < -0.3 is 10.7 Å². The molecule has 4 heteroatoms. The van der Waals surface area contributed by atoms with E-state index < -0.39 is 19.4 Å². The molecule has 0 fully saturated rings. The summed E-state index contributed by atoms with van der Waals surface area (Å²) < 4.78 is 23.7. The van der Waals surface area contributed by atoms with E-state index in [1.165, 1.54) is 6.08 Å². The third-order valence-corrected chi connectivity index (χ3v) is 1.14. The van der Waals surface area contributed by atoms with Crippen molar-refractivity contribution in [2.45, 2.75) is 13.0 Å². The summed E-state index contributed by atoms with van der Waals surface area (Å²) in [5.74, 6) is 0. The number of halogens is 2. The van der Waals surface area contributed by atoms with Gasteiger partial charge in [0.1, 0.15) is 13.3 Å². The minimum absolute atomic E-state index is 0.598. The fourth-order valence-corrected chi connectivity index (χ4v) is 0.613. The Labute approximate surface area is 64.8 Å². The van der Waals surface area contributed by atoms with Crippen molar-refractivity contribution in [3.8, 4) is 0 Å². The smallest absolute Gasteiger partial charge is 0.112 e. The third-order valence-electron chi connectivity index (χ3n) is 1.14. The van der Waals surface area contributed by atoms with Crippen molar-refractivity contribution in [2.24, 2.45) is 0 Å². The highest BCUT2D eigenvalue weighted by Crippen LogP contribution is 1.92. The molecule has 0 saturated heterocycles. The molecule has 0 radical (unpaired) electrons. The van der Waals surface area contributed by atoms with Gasteiger partial charge in [0.25, 0.3) is 0 Å². The van der Waals surface area contributed by atoms with Crippen molar-refractivity contribution < 1.29 is 8.78 Å². The van der Waals surface area contributed by atoms with Crippen LogP contribution in [0.1, 0.15) is 6.92 Å². The summed E-state index contributed by atoms with van der Waals surface area (Å²) in [6, 6.07) is -0.772. The Hall–Kier alpha value is -0.930. The van der Waals surface area contributed by atoms with Crippen molar-refractivity contribution in [3.05, 3.63) is 11.8 Å². The van der Waals surface area contributed by atoms with Gasteiger partial charge in [-0.1, -0.05) is 0 Å². The van der Waals surface area contributed by atoms with Crippen molar-refractivity contribution >= 4 is 6.21 Å². The summed E-state index contributed by atoms with van der Waals surface area (Å²) in [6.07, 6.45) is 2.51. The van der Waals surface area contributed by atoms with Gasteiger partial charge >= 0.3 is 0 Å². The van der Waals surface area contributed by atoms with Gasteiger partial charge in [-0.15, -0.1) is 0 Å². The molecule has 0 saturated carbocycles. The van der Waals surface area contributed by atoms with E-state index in [1.54, 1.807) is 6.92 Å². The zero-order valence-electron chi connectivity index (χ0n) is 6.40. The Morgan fingerprint density at radius 1 is 1.55 bits per heavy atom. The second kappa shape index (κ2) is 5.82. The summed E-state index contributed by atoms with van der Waals surface area (Å²) in [4.78, 5) is 0. The van der Waals surface area contributed by atoms with Crippen LogP contribution in [0.5, 0.6) is 0 Å². The van der Waals surface area contributed by atoms with Crippen molar-refractivity contribution in [1.82, 2.24) is 5.32 Å². The SMILES string of the molecule is C/C(=C/C=N)NC(CF)CF. The van der Waals surface area contributed by atoms with Gasteiger partial charge in [0.2, 0.25) is 0 Å². The summed E-state index contributed by atoms with van der Waals surface area (Å²) in [7, 11) is 0. The van der Waals surface area contributed by atoms with E-state index in [-0.39, 0.29) is 0 Å². The monoisotopic (exact) mass is 162 g/mol. The maximum Gasteiger partial charge on any atom is 0.112 e. The third kappa shape index (κ3) is 4.47. The van der Waals surface area contributed by atoms with Gasteiger partial charge in [0, 0.05) is 11.9 Å². The van der Waals surface area contributed by atoms with E-state index in [2.05, 4.69) is 5.32 Å². The zero-order valence-corrected chi connectivity index (χ0v) is 6.40. The lowest BCUT2D eigenvalue weighted by molar-refractivity contribution is 0.323. The van der Waals surface area contributed by atoms with Crippen LogP contribution in [0.25, 0.3) is 0 Å². The van der Waals surface area contributed by atoms with Crippen LogP contribution < -0.4 is 5.32 Å². The lowest BCUT2D eigenvalue weighted by Gasteiger charge is -2.12. The highest BCUT2D eigenvalue weighted by Gasteiger charge is 2.05. The lowest BCUT2D eigenvalue weighted by Crippen LogP contribution is -2.31. The van der Waals surface area contributed by atoms with Crippen LogP contribution in [0.3, 0.4) is 0 Å². The van der Waals surface area contributed by atoms with Crippen molar-refractivity contribution in [2.75, 3.05) is 13.3 Å². The van der Waals surface area contributed by atoms with E-state index in [0.717, 1.165) is 6.21 Å². The molecule has 2 N–H and O–H groups in total. The Morgan fingerprint density at radius 3 is 2.45 bits per heavy atom. The van der Waals surface area contributed by atoms with Crippen LogP contribution in [0.4, 0.5) is 8.78 Å². The summed E-state index contributed by atoms with van der Waals surface area (Å²) >= 11 is 0. The van der Waals surface area contributed by atoms with Crippen LogP contribution in [0.15, 0.2) is 11.8 Å². The molecule has 2 nitrogen and oxygen atoms in total. The molecule has 0 heterocycles. The number of hydrogen-bond donors (Lipinski definition) is 2. The molecule has 0 rings (SSSR count). The number of alkyl halides is 2. The van der Waals surface area contributed by atoms with Crippen LogP contribution in [0, 0.1) is 5.41 Å². The maximum atomic E-state index is 11.9. The molecule has 0 aromatic carbocycles. The minimum atomic E-state index is -0.772. The number of hydrogen-bond acceptors (Lipinski definition) is 2. The minimum Gasteiger partial charge on any atom is -0.381 e. The highest BCUT2D eigenvalue weighted by molar-refractivity contribution is 5.68. The quantitative estimate of drug-likeness (QED) is 0.589. The number of rotatable bonds is 5. The van der Waals surface area contributed by atoms with Crippen LogP contribution in [-0.4, -0.2) is 25.6 Å². The fourth-order valence-electron chi connectivity index (χ4n) is 0.613. The van der Waals surface area contributed by atoms with Gasteiger partial charge in [-0.2, -0.15) is 0 Å². The predicted octanol–water partition coefficient (Wildman–Crippen LogP) is 1.44. The Balaban J connectivity index is 3.80. The first-order valence-electron chi connectivity index (χ1n) is 3.30. The van der Waals surface area contributed by atoms with Crippen LogP contribution in [0.2, 0.25) is 0 Å². The van der Waals surface area contributed by atoms with Crippen LogP contribution >= 0.6 is 0 Å². The van der Waals surface area contributed by atoms with Crippen molar-refractivity contribution in [3.63, 3.8) is 0 Å². The van der Waals surface area contributed by atoms with E-state index in [1.807, 2.05) is 0 Å². The van der Waals surface area contributed by atoms with Gasteiger partial charge in [-0.25, -0.2) is 8.78 Å². The fraction of sp³-hybridized carbons (Fsp3) is 0.571. The molecule has 0 spiro atoms. The molecule has 0 aromatic rings. The Kier molecular flexibility index (Phi) is 5.33. The van der Waals surface area contributed by atoms with Gasteiger partial charge in [-0.05, 0) is 13.0 Å². The Morgan fingerprint density at radius 2 is 2.09 bits per heavy atom. The predicted molar refractivity (Wildman–Crippen MR) is 41.4 cm³/mol. The van der Waals surface area contributed by atoms with E-state index >= 15 is 0 Å². The average molecular weight is 162 g/mol. The lowest BCUT2D eigenvalue weighted by atomic mass is 10.3. The highest BCUT2D eigenvalue weighted by atomic mass is 19.1. The van der Waals surface area contributed by atoms with Crippen molar-refractivity contribution in [1.29, 1.82) is 5.41 Å². The summed E-state index contributed by atoms with van der Waals surface area (Å²) in [5.41, 5.74) is 0.598. The summed E-state index contributed by atoms with van der Waals surface area (Å²) in [5, 5.41) is 9.24. The molecule has 0 unspecified atom stereocenters. The van der Waals surface area contributed by atoms with Crippen LogP contribution in [-0.2, 0) is 0 Å². The number of nitrogens with one attached hydrogen (secondary N) is 2. The average Bonchev–Trinajstić information content (AvgIpc) is 2.01. The summed E-state index contributed by atoms with van der Waals surface area (Å²) in [6.45, 7) is 0.183. The molecular formula is C7H12F2N2. The molecule has 0 aliphatic heterocycles. The molecule has 0 bridgehead atoms. The zero-order chi connectivity index (χ0) is 8.69. The van der Waals surface area contributed by atoms with E-state index in [4.69, 9.17) is 5.41 Å². The molecule has 11 heavy (non-hydrogen) atoms. The molecular weight excluding hydrogens is 150 g/mol. The molecule has 64 valence electrons. The topological polar surface area (TPSA) is 35.9 Å². The maximum absolute atomic E-state index is 11.9. The molecule has 0 aliphatic rings. The van der Waals surface area contributed by atoms with E-state index in [0.29, 0.717) is 5.70 Å². The Bertz CT molecular complexity index is 141. The molecule has 0 aliphatic carbocycles. The molecule has 0 aromatic heterocycles. The van der Waals surface area contributed by atoms with Gasteiger partial charge in [-0.3, -0.25) is 0 Å². The second-order valence-electron chi connectivity index (χ2n) is 2.17. The normalized spacial score (nSPS) is 11.8. The first kappa shape index (κ1) is 10.1. The second-order valence-corrected chi connectivity index (χ2v) is 2.17. The molecule has 0 atom stereocenters.